The first kappa shape index (κ1) is 37.4. The summed E-state index contributed by atoms with van der Waals surface area (Å²) in [6, 6.07) is 37.6. The third kappa shape index (κ3) is 8.18. The van der Waals surface area contributed by atoms with Crippen LogP contribution in [0.15, 0.2) is 114 Å². The summed E-state index contributed by atoms with van der Waals surface area (Å²) in [5.74, 6) is 8.85. The molecule has 1 radical (unpaired) electrons. The van der Waals surface area contributed by atoms with Crippen molar-refractivity contribution in [3.63, 3.8) is 0 Å². The fraction of sp³-hybridized carbons (Fsp3) is 0.250. The zero-order valence-corrected chi connectivity index (χ0v) is 34.7. The van der Waals surface area contributed by atoms with Crippen LogP contribution in [-0.2, 0) is 20.1 Å². The van der Waals surface area contributed by atoms with Gasteiger partial charge in [0.2, 0.25) is 5.71 Å². The van der Waals surface area contributed by atoms with Crippen molar-refractivity contribution < 1.29 is 24.5 Å². The summed E-state index contributed by atoms with van der Waals surface area (Å²) in [6.07, 6.45) is 5.86. The number of furan rings is 1. The fourth-order valence-electron chi connectivity index (χ4n) is 6.13. The average Bonchev–Trinajstić information content (AvgIpc) is 3.50. The predicted octanol–water partition coefficient (Wildman–Crippen LogP) is 11.5. The Morgan fingerprint density at radius 2 is 1.44 bits per heavy atom. The van der Waals surface area contributed by atoms with Gasteiger partial charge < -0.3 is 9.40 Å². The molecule has 0 bridgehead atoms. The maximum absolute atomic E-state index is 6.19. The molecule has 0 saturated heterocycles. The molecule has 0 amide bonds. The van der Waals surface area contributed by atoms with Crippen LogP contribution in [0.5, 0.6) is 0 Å². The Balaban J connectivity index is 0.000000211. The Morgan fingerprint density at radius 1 is 0.680 bits per heavy atom. The SMILES string of the molecule is CC(C)C(C)c1ccnc(-c2[c-]ccc3c2oc2ncc(-c4ccccc4)cc23)c1.CC(C)c1cc(-c2[c-]cccc2)nc[c]1[Ge]([CH3])([CH3])[CH3].[Ir]. The monoisotopic (exact) mass is 898 g/mol. The zero-order valence-electron chi connectivity index (χ0n) is 30.2. The third-order valence-corrected chi connectivity index (χ3v) is 13.6. The first-order valence-corrected chi connectivity index (χ1v) is 24.6. The van der Waals surface area contributed by atoms with Gasteiger partial charge in [-0.2, -0.15) is 0 Å². The molecule has 4 aromatic heterocycles. The summed E-state index contributed by atoms with van der Waals surface area (Å²) in [4.78, 5) is 13.9. The van der Waals surface area contributed by atoms with Crippen molar-refractivity contribution in [1.29, 1.82) is 0 Å². The third-order valence-electron chi connectivity index (χ3n) is 9.31. The number of rotatable bonds is 7. The van der Waals surface area contributed by atoms with E-state index in [4.69, 9.17) is 4.42 Å². The van der Waals surface area contributed by atoms with E-state index < -0.39 is 13.3 Å². The molecule has 7 rings (SSSR count). The van der Waals surface area contributed by atoms with Crippen LogP contribution in [0, 0.1) is 18.1 Å². The Bertz CT molecular complexity index is 2190. The Morgan fingerprint density at radius 3 is 2.12 bits per heavy atom. The molecule has 0 aliphatic rings. The van der Waals surface area contributed by atoms with Gasteiger partial charge in [0.1, 0.15) is 0 Å². The summed E-state index contributed by atoms with van der Waals surface area (Å²) in [5.41, 5.74) is 10.3. The minimum atomic E-state index is -1.85. The van der Waals surface area contributed by atoms with E-state index in [0.717, 1.165) is 50.0 Å². The number of benzene rings is 3. The van der Waals surface area contributed by atoms with Crippen LogP contribution >= 0.6 is 0 Å². The van der Waals surface area contributed by atoms with Crippen LogP contribution in [0.1, 0.15) is 57.6 Å². The van der Waals surface area contributed by atoms with Crippen molar-refractivity contribution in [3.05, 3.63) is 133 Å². The number of aromatic nitrogens is 3. The second-order valence-corrected chi connectivity index (χ2v) is 25.1. The summed E-state index contributed by atoms with van der Waals surface area (Å²) >= 11 is -1.85. The van der Waals surface area contributed by atoms with Crippen LogP contribution in [-0.4, -0.2) is 28.2 Å². The molecule has 0 spiro atoms. The van der Waals surface area contributed by atoms with E-state index in [-0.39, 0.29) is 20.1 Å². The van der Waals surface area contributed by atoms with Crippen molar-refractivity contribution in [2.75, 3.05) is 0 Å². The molecular formula is C44H45GeIrN3O-2. The summed E-state index contributed by atoms with van der Waals surface area (Å²) in [7, 11) is 0. The molecule has 0 saturated carbocycles. The van der Waals surface area contributed by atoms with Gasteiger partial charge in [-0.05, 0) is 35.2 Å². The van der Waals surface area contributed by atoms with E-state index >= 15 is 0 Å². The maximum Gasteiger partial charge on any atom is 0 e. The number of pyridine rings is 3. The van der Waals surface area contributed by atoms with Gasteiger partial charge in [0.25, 0.3) is 0 Å². The standard InChI is InChI=1S/C27H23N2O.C17H22GeN.Ir/c1-17(2)18(3)20-12-13-28-25(15-20)23-11-7-10-22-24-14-21(19-8-5-4-6-9-19)16-29-27(24)30-26(22)23;1-13(2)15-11-17(14-9-7-6-8-10-14)19-12-16(15)18(3,4)5;/h4-10,12-18H,1-3H3;6-9,11-13H,1-5H3;/q2*-1;. The van der Waals surface area contributed by atoms with Crippen LogP contribution in [0.3, 0.4) is 0 Å². The Hall–Kier alpha value is -3.90. The van der Waals surface area contributed by atoms with Gasteiger partial charge in [0, 0.05) is 43.4 Å². The number of nitrogens with zero attached hydrogens (tertiary/aromatic N) is 3. The molecule has 4 nitrogen and oxygen atoms in total. The molecule has 0 aliphatic heterocycles. The first-order valence-electron chi connectivity index (χ1n) is 17.2. The second kappa shape index (κ2) is 16.0. The summed E-state index contributed by atoms with van der Waals surface area (Å²) < 4.78 is 7.72. The normalized spacial score (nSPS) is 12.1. The maximum atomic E-state index is 6.19. The average molecular weight is 897 g/mol. The van der Waals surface area contributed by atoms with Crippen molar-refractivity contribution in [1.82, 2.24) is 15.0 Å². The first-order chi connectivity index (χ1) is 23.5. The van der Waals surface area contributed by atoms with Crippen molar-refractivity contribution in [2.45, 2.75) is 63.7 Å². The molecule has 0 N–H and O–H groups in total. The molecule has 257 valence electrons. The molecule has 1 unspecified atom stereocenters. The van der Waals surface area contributed by atoms with E-state index in [2.05, 4.69) is 128 Å². The molecular weight excluding hydrogens is 851 g/mol. The number of fused-ring (bicyclic) bond motifs is 3. The van der Waals surface area contributed by atoms with Crippen molar-refractivity contribution in [3.8, 4) is 33.6 Å². The van der Waals surface area contributed by atoms with E-state index in [1.165, 1.54) is 15.5 Å². The van der Waals surface area contributed by atoms with Gasteiger partial charge in [-0.3, -0.25) is 0 Å². The van der Waals surface area contributed by atoms with Gasteiger partial charge in [0.05, 0.1) is 5.58 Å². The van der Waals surface area contributed by atoms with Crippen molar-refractivity contribution >= 4 is 39.7 Å². The van der Waals surface area contributed by atoms with Crippen LogP contribution < -0.4 is 4.40 Å². The fourth-order valence-corrected chi connectivity index (χ4v) is 9.65. The molecule has 50 heavy (non-hydrogen) atoms. The van der Waals surface area contributed by atoms with Crippen molar-refractivity contribution in [2.24, 2.45) is 5.92 Å². The second-order valence-electron chi connectivity index (χ2n) is 14.5. The quantitative estimate of drug-likeness (QED) is 0.118. The van der Waals surface area contributed by atoms with Crippen LogP contribution in [0.25, 0.3) is 55.7 Å². The minimum absolute atomic E-state index is 0. The van der Waals surface area contributed by atoms with E-state index in [1.807, 2.05) is 60.9 Å². The van der Waals surface area contributed by atoms with E-state index in [1.54, 1.807) is 0 Å². The van der Waals surface area contributed by atoms with Gasteiger partial charge >= 0.3 is 119 Å². The van der Waals surface area contributed by atoms with Gasteiger partial charge in [0.15, 0.2) is 0 Å². The molecule has 7 aromatic rings. The molecule has 4 heterocycles. The molecule has 1 atom stereocenters. The molecule has 0 aliphatic carbocycles. The van der Waals surface area contributed by atoms with Gasteiger partial charge in [-0.25, -0.2) is 4.98 Å². The summed E-state index contributed by atoms with van der Waals surface area (Å²) in [6.45, 7) is 11.3. The summed E-state index contributed by atoms with van der Waals surface area (Å²) in [5, 5.41) is 2.04. The van der Waals surface area contributed by atoms with Crippen LogP contribution in [0.4, 0.5) is 0 Å². The van der Waals surface area contributed by atoms with Gasteiger partial charge in [-0.1, -0.05) is 73.7 Å². The smallest absolute Gasteiger partial charge is 0 e. The van der Waals surface area contributed by atoms with E-state index in [0.29, 0.717) is 23.5 Å². The zero-order chi connectivity index (χ0) is 34.7. The van der Waals surface area contributed by atoms with Crippen LogP contribution in [0.2, 0.25) is 17.3 Å². The molecule has 0 fully saturated rings. The van der Waals surface area contributed by atoms with Gasteiger partial charge in [-0.15, -0.1) is 18.2 Å². The predicted molar refractivity (Wildman–Crippen MR) is 208 cm³/mol. The largest absolute Gasteiger partial charge is 0 e. The Kier molecular flexibility index (Phi) is 11.9. The number of hydrogen-bond donors (Lipinski definition) is 0. The molecule has 6 heteroatoms. The van der Waals surface area contributed by atoms with E-state index in [9.17, 15) is 0 Å². The topological polar surface area (TPSA) is 51.8 Å². The Labute approximate surface area is 313 Å². The number of hydrogen-bond acceptors (Lipinski definition) is 4. The minimum Gasteiger partial charge on any atom is 0 e. The molecule has 3 aromatic carbocycles.